The fourth-order valence-electron chi connectivity index (χ4n) is 2.42. The van der Waals surface area contributed by atoms with E-state index in [4.69, 9.17) is 0 Å². The zero-order valence-electron chi connectivity index (χ0n) is 14.5. The second-order valence-electron chi connectivity index (χ2n) is 5.48. The average Bonchev–Trinajstić information content (AvgIpc) is 2.59. The zero-order chi connectivity index (χ0) is 19.3. The number of sulfonamides is 1. The fourth-order valence-corrected chi connectivity index (χ4v) is 3.91. The molecule has 1 heterocycles. The molecule has 0 fully saturated rings. The molecule has 0 aliphatic carbocycles. The molecule has 26 heavy (non-hydrogen) atoms. The number of phenols is 1. The minimum Gasteiger partial charge on any atom is -0.506 e. The van der Waals surface area contributed by atoms with Gasteiger partial charge in [-0.2, -0.15) is 4.31 Å². The van der Waals surface area contributed by atoms with Crippen LogP contribution in [0.25, 0.3) is 0 Å². The maximum atomic E-state index is 12.6. The number of hydrogen-bond donors (Lipinski definition) is 2. The van der Waals surface area contributed by atoms with Gasteiger partial charge in [-0.1, -0.05) is 19.9 Å². The summed E-state index contributed by atoms with van der Waals surface area (Å²) in [5, 5.41) is 12.4. The number of nitrogens with one attached hydrogen (secondary N) is 1. The Morgan fingerprint density at radius 1 is 1.19 bits per heavy atom. The number of carbonyl (C=O) groups excluding carboxylic acids is 1. The van der Waals surface area contributed by atoms with Crippen LogP contribution in [0.3, 0.4) is 0 Å². The van der Waals surface area contributed by atoms with Crippen molar-refractivity contribution < 1.29 is 18.3 Å². The number of rotatable bonds is 7. The van der Waals surface area contributed by atoms with Crippen LogP contribution in [0, 0.1) is 0 Å². The van der Waals surface area contributed by atoms with Gasteiger partial charge in [0, 0.05) is 25.4 Å². The lowest BCUT2D eigenvalue weighted by Crippen LogP contribution is -2.30. The van der Waals surface area contributed by atoms with E-state index in [1.807, 2.05) is 0 Å². The molecule has 2 aromatic rings. The maximum absolute atomic E-state index is 12.6. The molecule has 1 aromatic carbocycles. The Bertz CT molecular complexity index is 949. The number of benzene rings is 1. The van der Waals surface area contributed by atoms with Crippen LogP contribution >= 0.6 is 0 Å². The summed E-state index contributed by atoms with van der Waals surface area (Å²) in [6.45, 7) is 3.80. The summed E-state index contributed by atoms with van der Waals surface area (Å²) >= 11 is 0. The van der Waals surface area contributed by atoms with Gasteiger partial charge in [-0.25, -0.2) is 8.42 Å². The number of amides is 1. The summed E-state index contributed by atoms with van der Waals surface area (Å²) in [5.41, 5.74) is -0.378. The summed E-state index contributed by atoms with van der Waals surface area (Å²) in [6.07, 6.45) is 1.46. The number of aromatic hydroxyl groups is 1. The van der Waals surface area contributed by atoms with E-state index in [0.29, 0.717) is 13.1 Å². The SMILES string of the molecule is CCN(CC)S(=O)(=O)c1ccc(O)c(NC(=O)Cn2ccccc2=O)c1. The van der Waals surface area contributed by atoms with Crippen molar-refractivity contribution in [2.24, 2.45) is 0 Å². The highest BCUT2D eigenvalue weighted by molar-refractivity contribution is 7.89. The van der Waals surface area contributed by atoms with Gasteiger partial charge in [0.05, 0.1) is 10.6 Å². The number of phenolic OH excluding ortho intramolecular Hbond substituents is 1. The molecule has 0 spiro atoms. The maximum Gasteiger partial charge on any atom is 0.250 e. The van der Waals surface area contributed by atoms with Crippen LogP contribution in [0.15, 0.2) is 52.3 Å². The first-order valence-electron chi connectivity index (χ1n) is 8.08. The molecule has 0 radical (unpaired) electrons. The number of anilines is 1. The molecular formula is C17H21N3O5S. The molecule has 1 aromatic heterocycles. The third-order valence-corrected chi connectivity index (χ3v) is 5.84. The van der Waals surface area contributed by atoms with Crippen molar-refractivity contribution in [2.45, 2.75) is 25.3 Å². The molecule has 0 atom stereocenters. The van der Waals surface area contributed by atoms with E-state index in [9.17, 15) is 23.1 Å². The van der Waals surface area contributed by atoms with Crippen LogP contribution in [-0.2, 0) is 21.4 Å². The molecule has 0 saturated heterocycles. The Kier molecular flexibility index (Phi) is 6.17. The summed E-state index contributed by atoms with van der Waals surface area (Å²) in [4.78, 5) is 23.8. The second-order valence-corrected chi connectivity index (χ2v) is 7.42. The van der Waals surface area contributed by atoms with Crippen molar-refractivity contribution in [2.75, 3.05) is 18.4 Å². The third kappa shape index (κ3) is 4.30. The molecule has 8 nitrogen and oxygen atoms in total. The molecule has 2 rings (SSSR count). The Morgan fingerprint density at radius 2 is 1.88 bits per heavy atom. The zero-order valence-corrected chi connectivity index (χ0v) is 15.4. The molecule has 0 saturated carbocycles. The topological polar surface area (TPSA) is 109 Å². The largest absolute Gasteiger partial charge is 0.506 e. The smallest absolute Gasteiger partial charge is 0.250 e. The van der Waals surface area contributed by atoms with Gasteiger partial charge in [0.2, 0.25) is 15.9 Å². The molecule has 1 amide bonds. The van der Waals surface area contributed by atoms with E-state index in [1.165, 1.54) is 39.3 Å². The van der Waals surface area contributed by atoms with Crippen LogP contribution in [0.1, 0.15) is 13.8 Å². The lowest BCUT2D eigenvalue weighted by Gasteiger charge is -2.19. The normalized spacial score (nSPS) is 11.5. The van der Waals surface area contributed by atoms with Gasteiger partial charge < -0.3 is 15.0 Å². The van der Waals surface area contributed by atoms with Gasteiger partial charge in [-0.05, 0) is 24.3 Å². The lowest BCUT2D eigenvalue weighted by atomic mass is 10.3. The highest BCUT2D eigenvalue weighted by atomic mass is 32.2. The Labute approximate surface area is 151 Å². The monoisotopic (exact) mass is 379 g/mol. The van der Waals surface area contributed by atoms with E-state index >= 15 is 0 Å². The predicted octanol–water partition coefficient (Wildman–Crippen LogP) is 1.22. The fraction of sp³-hybridized carbons (Fsp3) is 0.294. The van der Waals surface area contributed by atoms with Crippen LogP contribution in [0.4, 0.5) is 5.69 Å². The molecule has 0 aliphatic heterocycles. The van der Waals surface area contributed by atoms with Gasteiger partial charge in [-0.15, -0.1) is 0 Å². The molecule has 0 aliphatic rings. The van der Waals surface area contributed by atoms with E-state index in [2.05, 4.69) is 5.32 Å². The van der Waals surface area contributed by atoms with E-state index < -0.39 is 15.9 Å². The molecule has 2 N–H and O–H groups in total. The highest BCUT2D eigenvalue weighted by Gasteiger charge is 2.23. The van der Waals surface area contributed by atoms with Crippen molar-refractivity contribution in [3.8, 4) is 5.75 Å². The Morgan fingerprint density at radius 3 is 2.50 bits per heavy atom. The van der Waals surface area contributed by atoms with Gasteiger partial charge >= 0.3 is 0 Å². The molecule has 140 valence electrons. The third-order valence-electron chi connectivity index (χ3n) is 3.80. The van der Waals surface area contributed by atoms with E-state index in [1.54, 1.807) is 26.0 Å². The quantitative estimate of drug-likeness (QED) is 0.703. The first kappa shape index (κ1) is 19.7. The summed E-state index contributed by atoms with van der Waals surface area (Å²) in [7, 11) is -3.73. The van der Waals surface area contributed by atoms with Crippen molar-refractivity contribution >= 4 is 21.6 Å². The van der Waals surface area contributed by atoms with Gasteiger partial charge in [0.25, 0.3) is 5.56 Å². The Hall–Kier alpha value is -2.65. The average molecular weight is 379 g/mol. The van der Waals surface area contributed by atoms with Crippen molar-refractivity contribution in [1.82, 2.24) is 8.87 Å². The van der Waals surface area contributed by atoms with Crippen LogP contribution in [0.2, 0.25) is 0 Å². The van der Waals surface area contributed by atoms with Crippen LogP contribution < -0.4 is 10.9 Å². The van der Waals surface area contributed by atoms with Gasteiger partial charge in [-0.3, -0.25) is 9.59 Å². The molecule has 9 heteroatoms. The minimum atomic E-state index is -3.73. The second kappa shape index (κ2) is 8.15. The van der Waals surface area contributed by atoms with Crippen molar-refractivity contribution in [1.29, 1.82) is 0 Å². The van der Waals surface area contributed by atoms with E-state index in [-0.39, 0.29) is 28.4 Å². The Balaban J connectivity index is 2.26. The number of nitrogens with zero attached hydrogens (tertiary/aromatic N) is 2. The summed E-state index contributed by atoms with van der Waals surface area (Å²) in [6, 6.07) is 8.19. The lowest BCUT2D eigenvalue weighted by molar-refractivity contribution is -0.116. The van der Waals surface area contributed by atoms with Crippen LogP contribution in [0.5, 0.6) is 5.75 Å². The summed E-state index contributed by atoms with van der Waals surface area (Å²) < 4.78 is 27.6. The number of hydrogen-bond acceptors (Lipinski definition) is 5. The van der Waals surface area contributed by atoms with Gasteiger partial charge in [0.15, 0.2) is 0 Å². The first-order chi connectivity index (χ1) is 12.3. The van der Waals surface area contributed by atoms with E-state index in [0.717, 1.165) is 0 Å². The number of carbonyl (C=O) groups is 1. The minimum absolute atomic E-state index is 0.0350. The van der Waals surface area contributed by atoms with Crippen molar-refractivity contribution in [3.63, 3.8) is 0 Å². The standard InChI is InChI=1S/C17H21N3O5S/c1-3-20(4-2)26(24,25)13-8-9-15(21)14(11-13)18-16(22)12-19-10-6-5-7-17(19)23/h5-11,21H,3-4,12H2,1-2H3,(H,18,22). The number of pyridine rings is 1. The first-order valence-corrected chi connectivity index (χ1v) is 9.52. The molecule has 0 bridgehead atoms. The van der Waals surface area contributed by atoms with Crippen molar-refractivity contribution in [3.05, 3.63) is 52.9 Å². The number of aromatic nitrogens is 1. The van der Waals surface area contributed by atoms with Crippen LogP contribution in [-0.4, -0.2) is 41.4 Å². The molecule has 0 unspecified atom stereocenters. The van der Waals surface area contributed by atoms with Gasteiger partial charge in [0.1, 0.15) is 12.3 Å². The highest BCUT2D eigenvalue weighted by Crippen LogP contribution is 2.28. The predicted molar refractivity (Wildman–Crippen MR) is 97.5 cm³/mol. The molecular weight excluding hydrogens is 358 g/mol. The summed E-state index contributed by atoms with van der Waals surface area (Å²) in [5.74, 6) is -0.830.